The molecule has 0 saturated carbocycles. The molecule has 0 aromatic heterocycles. The van der Waals surface area contributed by atoms with E-state index in [1.165, 1.54) is 66.8 Å². The molecular formula is C44H38Br2. The monoisotopic (exact) mass is 724 g/mol. The van der Waals surface area contributed by atoms with Crippen LogP contribution >= 0.6 is 31.9 Å². The first-order chi connectivity index (χ1) is 22.1. The number of fused-ring (bicyclic) bond motifs is 4. The maximum atomic E-state index is 3.57. The van der Waals surface area contributed by atoms with Crippen molar-refractivity contribution in [2.24, 2.45) is 0 Å². The predicted molar refractivity (Wildman–Crippen MR) is 202 cm³/mol. The van der Waals surface area contributed by atoms with Crippen LogP contribution in [0.15, 0.2) is 142 Å². The molecule has 0 amide bonds. The first kappa shape index (κ1) is 30.9. The second-order valence-corrected chi connectivity index (χ2v) is 15.5. The summed E-state index contributed by atoms with van der Waals surface area (Å²) in [4.78, 5) is 0. The van der Waals surface area contributed by atoms with Crippen molar-refractivity contribution in [3.05, 3.63) is 187 Å². The van der Waals surface area contributed by atoms with Crippen molar-refractivity contribution in [2.75, 3.05) is 0 Å². The Bertz CT molecular complexity index is 1910. The highest BCUT2D eigenvalue weighted by atomic mass is 79.9. The molecule has 0 fully saturated rings. The Kier molecular flexibility index (Phi) is 8.16. The quantitative estimate of drug-likeness (QED) is 0.167. The lowest BCUT2D eigenvalue weighted by atomic mass is 9.68. The highest BCUT2D eigenvalue weighted by molar-refractivity contribution is 9.10. The zero-order valence-corrected chi connectivity index (χ0v) is 30.0. The lowest BCUT2D eigenvalue weighted by Crippen LogP contribution is -2.27. The average Bonchev–Trinajstić information content (AvgIpc) is 3.05. The highest BCUT2D eigenvalue weighted by Crippen LogP contribution is 2.44. The van der Waals surface area contributed by atoms with Crippen LogP contribution in [0.4, 0.5) is 0 Å². The Balaban J connectivity index is 0.000000162. The summed E-state index contributed by atoms with van der Waals surface area (Å²) in [5.74, 6) is 0. The molecule has 0 saturated heterocycles. The fourth-order valence-corrected chi connectivity index (χ4v) is 8.47. The number of rotatable bonds is 2. The third-order valence-electron chi connectivity index (χ3n) is 10.0. The van der Waals surface area contributed by atoms with Crippen LogP contribution in [0.5, 0.6) is 0 Å². The Morgan fingerprint density at radius 3 is 1.07 bits per heavy atom. The van der Waals surface area contributed by atoms with E-state index in [4.69, 9.17) is 0 Å². The van der Waals surface area contributed by atoms with Crippen molar-refractivity contribution in [3.63, 3.8) is 0 Å². The largest absolute Gasteiger partial charge is 0.0622 e. The van der Waals surface area contributed by atoms with E-state index >= 15 is 0 Å². The van der Waals surface area contributed by atoms with Gasteiger partial charge in [-0.3, -0.25) is 0 Å². The van der Waals surface area contributed by atoms with Gasteiger partial charge in [-0.05, 0) is 104 Å². The van der Waals surface area contributed by atoms with Crippen LogP contribution in [0.25, 0.3) is 22.3 Å². The molecule has 0 heterocycles. The van der Waals surface area contributed by atoms with Crippen molar-refractivity contribution in [2.45, 2.75) is 51.4 Å². The van der Waals surface area contributed by atoms with Crippen molar-refractivity contribution < 1.29 is 0 Å². The van der Waals surface area contributed by atoms with Gasteiger partial charge in [-0.1, -0.05) is 169 Å². The van der Waals surface area contributed by atoms with Crippen LogP contribution in [0.2, 0.25) is 0 Å². The zero-order chi connectivity index (χ0) is 32.1. The van der Waals surface area contributed by atoms with E-state index in [1.807, 2.05) is 0 Å². The standard InChI is InChI=1S/C28H24.C16H14Br2/c1-28(2)26-15-13-22(20-9-5-3-6-10-20)17-24(26)19-25-18-23(14-16-27(25)28)21-11-7-4-8-12-21;1-16(2)14-5-3-12(17)8-10(14)7-11-9-13(18)4-6-15(11)16/h3-18H,19H2,1-2H3;3-6,8-9H,7H2,1-2H3. The first-order valence-corrected chi connectivity index (χ1v) is 17.7. The fraction of sp³-hybridized carbons (Fsp3) is 0.182. The minimum absolute atomic E-state index is 0.0212. The summed E-state index contributed by atoms with van der Waals surface area (Å²) in [7, 11) is 0. The summed E-state index contributed by atoms with van der Waals surface area (Å²) < 4.78 is 2.32. The molecule has 0 spiro atoms. The Hall–Kier alpha value is -3.72. The Labute approximate surface area is 290 Å². The van der Waals surface area contributed by atoms with Gasteiger partial charge in [0.2, 0.25) is 0 Å². The van der Waals surface area contributed by atoms with Crippen molar-refractivity contribution in [3.8, 4) is 22.3 Å². The van der Waals surface area contributed by atoms with Gasteiger partial charge in [0, 0.05) is 19.8 Å². The minimum Gasteiger partial charge on any atom is -0.0622 e. The number of hydrogen-bond acceptors (Lipinski definition) is 0. The summed E-state index contributed by atoms with van der Waals surface area (Å²) in [5.41, 5.74) is 16.8. The third kappa shape index (κ3) is 5.72. The van der Waals surface area contributed by atoms with E-state index in [0.29, 0.717) is 0 Å². The molecule has 0 atom stereocenters. The van der Waals surface area contributed by atoms with Gasteiger partial charge >= 0.3 is 0 Å². The van der Waals surface area contributed by atoms with E-state index in [0.717, 1.165) is 21.8 Å². The SMILES string of the molecule is CC1(C)c2ccc(-c3ccccc3)cc2Cc2cc(-c3ccccc3)ccc21.CC1(C)c2ccc(Br)cc2Cc2cc(Br)ccc21. The second-order valence-electron chi connectivity index (χ2n) is 13.7. The summed E-state index contributed by atoms with van der Waals surface area (Å²) in [6, 6.07) is 48.7. The van der Waals surface area contributed by atoms with Crippen LogP contribution in [0.1, 0.15) is 72.2 Å². The van der Waals surface area contributed by atoms with Gasteiger partial charge in [0.1, 0.15) is 0 Å². The molecule has 2 aliphatic rings. The van der Waals surface area contributed by atoms with Gasteiger partial charge in [0.25, 0.3) is 0 Å². The third-order valence-corrected chi connectivity index (χ3v) is 11.0. The van der Waals surface area contributed by atoms with Gasteiger partial charge in [0.15, 0.2) is 0 Å². The molecule has 2 heteroatoms. The van der Waals surface area contributed by atoms with Crippen LogP contribution in [-0.4, -0.2) is 0 Å². The summed E-state index contributed by atoms with van der Waals surface area (Å²) >= 11 is 7.15. The highest BCUT2D eigenvalue weighted by Gasteiger charge is 2.33. The molecule has 0 nitrogen and oxygen atoms in total. The fourth-order valence-electron chi connectivity index (χ4n) is 7.66. The number of hydrogen-bond donors (Lipinski definition) is 0. The van der Waals surface area contributed by atoms with Crippen LogP contribution in [0, 0.1) is 0 Å². The van der Waals surface area contributed by atoms with Gasteiger partial charge in [-0.25, -0.2) is 0 Å². The molecule has 46 heavy (non-hydrogen) atoms. The van der Waals surface area contributed by atoms with Crippen LogP contribution < -0.4 is 0 Å². The Morgan fingerprint density at radius 1 is 0.370 bits per heavy atom. The van der Waals surface area contributed by atoms with E-state index in [9.17, 15) is 0 Å². The molecule has 0 bridgehead atoms. The average molecular weight is 727 g/mol. The van der Waals surface area contributed by atoms with Gasteiger partial charge in [-0.15, -0.1) is 0 Å². The molecule has 6 aromatic rings. The van der Waals surface area contributed by atoms with Gasteiger partial charge < -0.3 is 0 Å². The Morgan fingerprint density at radius 2 is 0.696 bits per heavy atom. The molecule has 0 radical (unpaired) electrons. The number of benzene rings is 6. The van der Waals surface area contributed by atoms with Crippen molar-refractivity contribution in [1.29, 1.82) is 0 Å². The maximum absolute atomic E-state index is 3.57. The zero-order valence-electron chi connectivity index (χ0n) is 26.9. The molecule has 8 rings (SSSR count). The van der Waals surface area contributed by atoms with E-state index in [2.05, 4.69) is 193 Å². The topological polar surface area (TPSA) is 0 Å². The summed E-state index contributed by atoms with van der Waals surface area (Å²) in [5, 5.41) is 0. The molecule has 6 aromatic carbocycles. The summed E-state index contributed by atoms with van der Waals surface area (Å²) in [6.07, 6.45) is 2.02. The smallest absolute Gasteiger partial charge is 0.0178 e. The molecule has 0 N–H and O–H groups in total. The molecule has 0 aliphatic heterocycles. The van der Waals surface area contributed by atoms with E-state index in [-0.39, 0.29) is 10.8 Å². The molecule has 0 unspecified atom stereocenters. The van der Waals surface area contributed by atoms with Gasteiger partial charge in [-0.2, -0.15) is 0 Å². The normalized spacial score (nSPS) is 14.9. The minimum atomic E-state index is 0.0212. The van der Waals surface area contributed by atoms with Gasteiger partial charge in [0.05, 0.1) is 0 Å². The molecule has 2 aliphatic carbocycles. The second kappa shape index (κ2) is 12.1. The lowest BCUT2D eigenvalue weighted by Gasteiger charge is -2.36. The first-order valence-electron chi connectivity index (χ1n) is 16.1. The van der Waals surface area contributed by atoms with Crippen LogP contribution in [0.3, 0.4) is 0 Å². The van der Waals surface area contributed by atoms with E-state index in [1.54, 1.807) is 0 Å². The molecule has 228 valence electrons. The lowest BCUT2D eigenvalue weighted by molar-refractivity contribution is 0.610. The van der Waals surface area contributed by atoms with E-state index < -0.39 is 0 Å². The maximum Gasteiger partial charge on any atom is 0.0178 e. The summed E-state index contributed by atoms with van der Waals surface area (Å²) in [6.45, 7) is 9.33. The van der Waals surface area contributed by atoms with Crippen molar-refractivity contribution >= 4 is 31.9 Å². The van der Waals surface area contributed by atoms with Crippen molar-refractivity contribution in [1.82, 2.24) is 0 Å². The number of halogens is 2. The molecular weight excluding hydrogens is 688 g/mol. The predicted octanol–water partition coefficient (Wildman–Crippen LogP) is 12.7. The van der Waals surface area contributed by atoms with Crippen LogP contribution in [-0.2, 0) is 23.7 Å².